The molecule has 0 bridgehead atoms. The van der Waals surface area contributed by atoms with Crippen molar-refractivity contribution in [2.24, 2.45) is 0 Å². The molecular formula is C11H17O2U-. The van der Waals surface area contributed by atoms with E-state index in [1.807, 2.05) is 32.4 Å². The molecule has 0 aromatic rings. The van der Waals surface area contributed by atoms with Crippen LogP contribution in [0.4, 0.5) is 0 Å². The number of hydrogen-bond acceptors (Lipinski definition) is 2. The largest absolute Gasteiger partial charge is 0.407 e. The Bertz CT molecular complexity index is 217. The maximum Gasteiger partial charge on any atom is 0.0564 e. The molecule has 1 rings (SSSR count). The third-order valence-electron chi connectivity index (χ3n) is 2.02. The third-order valence-corrected chi connectivity index (χ3v) is 2.02. The van der Waals surface area contributed by atoms with Crippen LogP contribution >= 0.6 is 0 Å². The van der Waals surface area contributed by atoms with E-state index >= 15 is 0 Å². The van der Waals surface area contributed by atoms with Gasteiger partial charge in [-0.2, -0.15) is 6.42 Å². The van der Waals surface area contributed by atoms with E-state index in [-0.39, 0.29) is 31.1 Å². The molecule has 78 valence electrons. The summed E-state index contributed by atoms with van der Waals surface area (Å²) in [7, 11) is 0. The first-order chi connectivity index (χ1) is 6.08. The van der Waals surface area contributed by atoms with Crippen LogP contribution in [0.15, 0.2) is 23.3 Å². The second-order valence-electron chi connectivity index (χ2n) is 3.81. The van der Waals surface area contributed by atoms with E-state index in [4.69, 9.17) is 0 Å². The SMILES string of the molecule is CC(C)=C/C=C1\[CH-][C@@H](O)C[C@H](O)C1.[U]. The van der Waals surface area contributed by atoms with Gasteiger partial charge in [0.1, 0.15) is 0 Å². The van der Waals surface area contributed by atoms with Crippen molar-refractivity contribution in [1.29, 1.82) is 0 Å². The summed E-state index contributed by atoms with van der Waals surface area (Å²) < 4.78 is 0. The van der Waals surface area contributed by atoms with Gasteiger partial charge in [-0.05, 0) is 26.7 Å². The minimum Gasteiger partial charge on any atom is -0.407 e. The first-order valence-corrected chi connectivity index (χ1v) is 4.63. The molecule has 1 aliphatic rings. The van der Waals surface area contributed by atoms with E-state index in [1.165, 1.54) is 5.57 Å². The Labute approximate surface area is 109 Å². The van der Waals surface area contributed by atoms with Crippen LogP contribution in [0.5, 0.6) is 0 Å². The maximum atomic E-state index is 9.37. The molecule has 0 heterocycles. The number of rotatable bonds is 1. The molecule has 0 spiro atoms. The molecule has 0 aliphatic heterocycles. The van der Waals surface area contributed by atoms with Gasteiger partial charge in [0.05, 0.1) is 6.10 Å². The molecule has 0 radical (unpaired) electrons. The predicted octanol–water partition coefficient (Wildman–Crippen LogP) is 1.60. The topological polar surface area (TPSA) is 40.5 Å². The van der Waals surface area contributed by atoms with Crippen molar-refractivity contribution >= 4 is 0 Å². The van der Waals surface area contributed by atoms with Crippen molar-refractivity contribution in [2.75, 3.05) is 0 Å². The summed E-state index contributed by atoms with van der Waals surface area (Å²) in [6.07, 6.45) is 6.01. The molecule has 0 aromatic carbocycles. The van der Waals surface area contributed by atoms with Crippen LogP contribution in [-0.4, -0.2) is 22.4 Å². The number of aliphatic hydroxyl groups excluding tert-OH is 2. The van der Waals surface area contributed by atoms with Crippen LogP contribution in [0.3, 0.4) is 0 Å². The predicted molar refractivity (Wildman–Crippen MR) is 53.1 cm³/mol. The first kappa shape index (κ1) is 14.3. The molecule has 14 heavy (non-hydrogen) atoms. The zero-order valence-electron chi connectivity index (χ0n) is 8.70. The standard InChI is InChI=1S/C11H17O2.U/c1-8(2)3-4-9-5-10(12)7-11(13)6-9;/h3-5,10-13H,6-7H2,1-2H3;/q-1;/b9-4+;/t10-,11-;/m1./s1. The monoisotopic (exact) mass is 419 g/mol. The second kappa shape index (κ2) is 6.74. The van der Waals surface area contributed by atoms with E-state index < -0.39 is 12.2 Å². The third kappa shape index (κ3) is 5.26. The van der Waals surface area contributed by atoms with Gasteiger partial charge >= 0.3 is 0 Å². The molecule has 3 heteroatoms. The van der Waals surface area contributed by atoms with Crippen LogP contribution in [0, 0.1) is 37.5 Å². The Balaban J connectivity index is 0.00000169. The summed E-state index contributed by atoms with van der Waals surface area (Å²) in [6, 6.07) is 0. The fourth-order valence-corrected chi connectivity index (χ4v) is 1.41. The second-order valence-corrected chi connectivity index (χ2v) is 3.81. The molecule has 0 amide bonds. The van der Waals surface area contributed by atoms with Crippen LogP contribution in [0.25, 0.3) is 0 Å². The van der Waals surface area contributed by atoms with Gasteiger partial charge in [0.15, 0.2) is 0 Å². The molecule has 0 aromatic heterocycles. The molecule has 1 saturated carbocycles. The van der Waals surface area contributed by atoms with Crippen molar-refractivity contribution in [2.45, 2.75) is 38.9 Å². The van der Waals surface area contributed by atoms with Gasteiger partial charge in [-0.1, -0.05) is 5.57 Å². The van der Waals surface area contributed by atoms with E-state index in [9.17, 15) is 10.2 Å². The van der Waals surface area contributed by atoms with Crippen molar-refractivity contribution < 1.29 is 41.3 Å². The Morgan fingerprint density at radius 2 is 2.07 bits per heavy atom. The fourth-order valence-electron chi connectivity index (χ4n) is 1.41. The van der Waals surface area contributed by atoms with E-state index in [1.54, 1.807) is 0 Å². The molecule has 0 saturated heterocycles. The Morgan fingerprint density at radius 1 is 1.43 bits per heavy atom. The van der Waals surface area contributed by atoms with Crippen molar-refractivity contribution in [3.63, 3.8) is 0 Å². The zero-order valence-corrected chi connectivity index (χ0v) is 12.9. The summed E-state index contributed by atoms with van der Waals surface area (Å²) in [5.74, 6) is 0. The van der Waals surface area contributed by atoms with Gasteiger partial charge in [0, 0.05) is 37.2 Å². The molecule has 1 fully saturated rings. The van der Waals surface area contributed by atoms with Crippen molar-refractivity contribution in [3.8, 4) is 0 Å². The quantitative estimate of drug-likeness (QED) is 0.635. The average molecular weight is 419 g/mol. The smallest absolute Gasteiger partial charge is 0.0564 e. The number of allylic oxidation sites excluding steroid dienone is 3. The fraction of sp³-hybridized carbons (Fsp3) is 0.545. The van der Waals surface area contributed by atoms with Gasteiger partial charge < -0.3 is 10.2 Å². The molecule has 0 unspecified atom stereocenters. The summed E-state index contributed by atoms with van der Waals surface area (Å²) in [4.78, 5) is 0. The molecule has 2 atom stereocenters. The normalized spacial score (nSPS) is 29.0. The summed E-state index contributed by atoms with van der Waals surface area (Å²) in [5.41, 5.74) is 2.24. The van der Waals surface area contributed by atoms with E-state index in [2.05, 4.69) is 0 Å². The average Bonchev–Trinajstić information content (AvgIpc) is 1.99. The van der Waals surface area contributed by atoms with Crippen LogP contribution in [0.2, 0.25) is 0 Å². The Kier molecular flexibility index (Phi) is 6.90. The Morgan fingerprint density at radius 3 is 2.57 bits per heavy atom. The van der Waals surface area contributed by atoms with Gasteiger partial charge in [-0.3, -0.25) is 0 Å². The van der Waals surface area contributed by atoms with E-state index in [0.29, 0.717) is 12.8 Å². The molecule has 2 nitrogen and oxygen atoms in total. The van der Waals surface area contributed by atoms with Gasteiger partial charge in [0.2, 0.25) is 0 Å². The van der Waals surface area contributed by atoms with Gasteiger partial charge in [-0.25, -0.2) is 11.6 Å². The number of hydrogen-bond donors (Lipinski definition) is 2. The van der Waals surface area contributed by atoms with Crippen molar-refractivity contribution in [1.82, 2.24) is 0 Å². The van der Waals surface area contributed by atoms with Crippen LogP contribution in [0.1, 0.15) is 26.7 Å². The minimum absolute atomic E-state index is 0. The minimum atomic E-state index is -0.486. The summed E-state index contributed by atoms with van der Waals surface area (Å²) in [5, 5.41) is 18.7. The summed E-state index contributed by atoms with van der Waals surface area (Å²) in [6.45, 7) is 4.04. The maximum absolute atomic E-state index is 9.37. The molecule has 1 aliphatic carbocycles. The van der Waals surface area contributed by atoms with Crippen LogP contribution in [-0.2, 0) is 0 Å². The van der Waals surface area contributed by atoms with Crippen molar-refractivity contribution in [3.05, 3.63) is 29.7 Å². The summed E-state index contributed by atoms with van der Waals surface area (Å²) >= 11 is 0. The number of aliphatic hydroxyl groups is 2. The molecular weight excluding hydrogens is 402 g/mol. The zero-order chi connectivity index (χ0) is 9.84. The van der Waals surface area contributed by atoms with E-state index in [0.717, 1.165) is 5.57 Å². The van der Waals surface area contributed by atoms with Gasteiger partial charge in [-0.15, -0.1) is 6.08 Å². The van der Waals surface area contributed by atoms with Gasteiger partial charge in [0.25, 0.3) is 0 Å². The molecule has 2 N–H and O–H groups in total. The first-order valence-electron chi connectivity index (χ1n) is 4.63. The van der Waals surface area contributed by atoms with Crippen LogP contribution < -0.4 is 0 Å². The Hall–Kier alpha value is 0.322.